The van der Waals surface area contributed by atoms with E-state index in [1.54, 1.807) is 20.3 Å². The molecule has 0 radical (unpaired) electrons. The molecule has 0 atom stereocenters. The Balaban J connectivity index is 2.94. The Kier molecular flexibility index (Phi) is 6.93. The van der Waals surface area contributed by atoms with Crippen molar-refractivity contribution in [2.45, 2.75) is 0 Å². The third-order valence-corrected chi connectivity index (χ3v) is 3.08. The molecule has 4 nitrogen and oxygen atoms in total. The highest BCUT2D eigenvalue weighted by Gasteiger charge is 2.11. The summed E-state index contributed by atoms with van der Waals surface area (Å²) in [5.41, 5.74) is 1.57. The first kappa shape index (κ1) is 15.1. The van der Waals surface area contributed by atoms with Gasteiger partial charge in [-0.3, -0.25) is 4.79 Å². The van der Waals surface area contributed by atoms with Gasteiger partial charge in [0.25, 0.3) is 0 Å². The van der Waals surface area contributed by atoms with Crippen LogP contribution in [0.15, 0.2) is 22.7 Å². The van der Waals surface area contributed by atoms with Crippen LogP contribution in [-0.4, -0.2) is 46.8 Å². The van der Waals surface area contributed by atoms with Gasteiger partial charge in [0, 0.05) is 43.0 Å². The van der Waals surface area contributed by atoms with Crippen LogP contribution in [0.1, 0.15) is 10.4 Å². The van der Waals surface area contributed by atoms with Gasteiger partial charge in [-0.1, -0.05) is 15.9 Å². The summed E-state index contributed by atoms with van der Waals surface area (Å²) in [6, 6.07) is 5.60. The highest BCUT2D eigenvalue weighted by atomic mass is 79.9. The average molecular weight is 316 g/mol. The lowest BCUT2D eigenvalue weighted by Crippen LogP contribution is -2.31. The number of hydrogen-bond donors (Lipinski definition) is 0. The minimum Gasteiger partial charge on any atom is -0.383 e. The molecule has 0 heterocycles. The zero-order valence-corrected chi connectivity index (χ0v) is 12.3. The molecule has 0 spiro atoms. The Morgan fingerprint density at radius 1 is 1.22 bits per heavy atom. The number of anilines is 1. The molecule has 0 aliphatic carbocycles. The van der Waals surface area contributed by atoms with E-state index >= 15 is 0 Å². The zero-order chi connectivity index (χ0) is 13.4. The lowest BCUT2D eigenvalue weighted by atomic mass is 10.1. The van der Waals surface area contributed by atoms with Crippen molar-refractivity contribution >= 4 is 27.9 Å². The van der Waals surface area contributed by atoms with Crippen LogP contribution < -0.4 is 4.90 Å². The molecule has 0 unspecified atom stereocenters. The number of benzene rings is 1. The number of nitrogens with zero attached hydrogens (tertiary/aromatic N) is 1. The van der Waals surface area contributed by atoms with E-state index in [0.717, 1.165) is 29.5 Å². The number of aldehydes is 1. The second-order valence-electron chi connectivity index (χ2n) is 3.79. The van der Waals surface area contributed by atoms with Crippen molar-refractivity contribution in [3.8, 4) is 0 Å². The van der Waals surface area contributed by atoms with Crippen molar-refractivity contribution in [3.63, 3.8) is 0 Å². The van der Waals surface area contributed by atoms with Crippen molar-refractivity contribution in [2.24, 2.45) is 0 Å². The van der Waals surface area contributed by atoms with Gasteiger partial charge in [0.2, 0.25) is 0 Å². The third kappa shape index (κ3) is 4.40. The van der Waals surface area contributed by atoms with E-state index in [1.165, 1.54) is 0 Å². The van der Waals surface area contributed by atoms with Crippen LogP contribution in [0.2, 0.25) is 0 Å². The summed E-state index contributed by atoms with van der Waals surface area (Å²) in [6.45, 7) is 2.65. The minimum atomic E-state index is 0.606. The van der Waals surface area contributed by atoms with Crippen molar-refractivity contribution < 1.29 is 14.3 Å². The first-order chi connectivity index (χ1) is 8.72. The third-order valence-electron chi connectivity index (χ3n) is 2.59. The number of carbonyl (C=O) groups is 1. The van der Waals surface area contributed by atoms with Crippen LogP contribution in [0.25, 0.3) is 0 Å². The molecule has 0 saturated carbocycles. The topological polar surface area (TPSA) is 38.8 Å². The fraction of sp³-hybridized carbons (Fsp3) is 0.462. The first-order valence-corrected chi connectivity index (χ1v) is 6.49. The van der Waals surface area contributed by atoms with E-state index in [0.29, 0.717) is 18.8 Å². The molecular weight excluding hydrogens is 298 g/mol. The van der Waals surface area contributed by atoms with Crippen molar-refractivity contribution in [3.05, 3.63) is 28.2 Å². The van der Waals surface area contributed by atoms with Gasteiger partial charge in [-0.2, -0.15) is 0 Å². The number of rotatable bonds is 8. The predicted octanol–water partition coefficient (Wildman–Crippen LogP) is 2.36. The molecule has 100 valence electrons. The Morgan fingerprint density at radius 2 is 1.83 bits per heavy atom. The van der Waals surface area contributed by atoms with Crippen molar-refractivity contribution in [1.29, 1.82) is 0 Å². The number of hydrogen-bond acceptors (Lipinski definition) is 4. The van der Waals surface area contributed by atoms with Crippen LogP contribution in [0.4, 0.5) is 5.69 Å². The van der Waals surface area contributed by atoms with Gasteiger partial charge in [-0.15, -0.1) is 0 Å². The standard InChI is InChI=1S/C13H18BrNO3/c1-17-7-5-15(6-8-18-2)13-9-12(14)4-3-11(13)10-16/h3-4,9-10H,5-8H2,1-2H3. The lowest BCUT2D eigenvalue weighted by molar-refractivity contribution is 0.112. The number of carbonyl (C=O) groups excluding carboxylic acids is 1. The van der Waals surface area contributed by atoms with Gasteiger partial charge in [0.15, 0.2) is 6.29 Å². The highest BCUT2D eigenvalue weighted by Crippen LogP contribution is 2.24. The largest absolute Gasteiger partial charge is 0.383 e. The Morgan fingerprint density at radius 3 is 2.33 bits per heavy atom. The van der Waals surface area contributed by atoms with Gasteiger partial charge in [-0.05, 0) is 18.2 Å². The van der Waals surface area contributed by atoms with E-state index < -0.39 is 0 Å². The summed E-state index contributed by atoms with van der Waals surface area (Å²) in [4.78, 5) is 13.2. The zero-order valence-electron chi connectivity index (χ0n) is 10.7. The Labute approximate surface area is 116 Å². The van der Waals surface area contributed by atoms with Gasteiger partial charge in [0.05, 0.1) is 13.2 Å². The first-order valence-electron chi connectivity index (χ1n) is 5.70. The summed E-state index contributed by atoms with van der Waals surface area (Å²) >= 11 is 3.43. The minimum absolute atomic E-state index is 0.606. The van der Waals surface area contributed by atoms with E-state index in [4.69, 9.17) is 9.47 Å². The summed E-state index contributed by atoms with van der Waals surface area (Å²) in [6.07, 6.45) is 0.869. The fourth-order valence-corrected chi connectivity index (χ4v) is 2.00. The monoisotopic (exact) mass is 315 g/mol. The predicted molar refractivity (Wildman–Crippen MR) is 75.5 cm³/mol. The molecule has 0 bridgehead atoms. The second-order valence-corrected chi connectivity index (χ2v) is 4.71. The molecule has 0 aromatic heterocycles. The molecule has 0 N–H and O–H groups in total. The molecular formula is C13H18BrNO3. The summed E-state index contributed by atoms with van der Waals surface area (Å²) in [5, 5.41) is 0. The van der Waals surface area contributed by atoms with Gasteiger partial charge < -0.3 is 14.4 Å². The van der Waals surface area contributed by atoms with Crippen LogP contribution in [0.3, 0.4) is 0 Å². The Bertz CT molecular complexity index is 376. The molecule has 0 saturated heterocycles. The van der Waals surface area contributed by atoms with Gasteiger partial charge in [-0.25, -0.2) is 0 Å². The Hall–Kier alpha value is -0.910. The highest BCUT2D eigenvalue weighted by molar-refractivity contribution is 9.10. The van der Waals surface area contributed by atoms with Crippen LogP contribution in [-0.2, 0) is 9.47 Å². The van der Waals surface area contributed by atoms with E-state index in [1.807, 2.05) is 12.1 Å². The van der Waals surface area contributed by atoms with Crippen molar-refractivity contribution in [2.75, 3.05) is 45.4 Å². The maximum absolute atomic E-state index is 11.1. The quantitative estimate of drug-likeness (QED) is 0.690. The smallest absolute Gasteiger partial charge is 0.152 e. The maximum atomic E-state index is 11.1. The van der Waals surface area contributed by atoms with Gasteiger partial charge in [0.1, 0.15) is 0 Å². The maximum Gasteiger partial charge on any atom is 0.152 e. The van der Waals surface area contributed by atoms with Crippen LogP contribution in [0.5, 0.6) is 0 Å². The van der Waals surface area contributed by atoms with Crippen molar-refractivity contribution in [1.82, 2.24) is 0 Å². The molecule has 18 heavy (non-hydrogen) atoms. The van der Waals surface area contributed by atoms with Crippen LogP contribution in [0, 0.1) is 0 Å². The summed E-state index contributed by atoms with van der Waals surface area (Å²) < 4.78 is 11.1. The molecule has 0 aliphatic heterocycles. The summed E-state index contributed by atoms with van der Waals surface area (Å²) in [5.74, 6) is 0. The normalized spacial score (nSPS) is 10.4. The van der Waals surface area contributed by atoms with E-state index in [9.17, 15) is 4.79 Å². The second kappa shape index (κ2) is 8.24. The van der Waals surface area contributed by atoms with Crippen LogP contribution >= 0.6 is 15.9 Å². The fourth-order valence-electron chi connectivity index (χ4n) is 1.65. The number of ether oxygens (including phenoxy) is 2. The van der Waals surface area contributed by atoms with Gasteiger partial charge >= 0.3 is 0 Å². The molecule has 0 aliphatic rings. The average Bonchev–Trinajstić information content (AvgIpc) is 2.39. The van der Waals surface area contributed by atoms with E-state index in [-0.39, 0.29) is 0 Å². The lowest BCUT2D eigenvalue weighted by Gasteiger charge is -2.25. The van der Waals surface area contributed by atoms with E-state index in [2.05, 4.69) is 20.8 Å². The molecule has 1 aromatic rings. The SMILES string of the molecule is COCCN(CCOC)c1cc(Br)ccc1C=O. The summed E-state index contributed by atoms with van der Waals surface area (Å²) in [7, 11) is 3.33. The molecule has 5 heteroatoms. The number of methoxy groups -OCH3 is 2. The molecule has 0 amide bonds. The molecule has 1 rings (SSSR count). The molecule has 0 fully saturated rings. The molecule has 1 aromatic carbocycles. The number of halogens is 1.